The van der Waals surface area contributed by atoms with Crippen LogP contribution in [0.1, 0.15) is 24.1 Å². The van der Waals surface area contributed by atoms with Crippen molar-refractivity contribution < 1.29 is 0 Å². The van der Waals surface area contributed by atoms with Gasteiger partial charge in [0.2, 0.25) is 0 Å². The molecule has 1 heterocycles. The Labute approximate surface area is 137 Å². The summed E-state index contributed by atoms with van der Waals surface area (Å²) in [6, 6.07) is 14.7. The Bertz CT molecular complexity index is 749. The summed E-state index contributed by atoms with van der Waals surface area (Å²) in [7, 11) is 0. The van der Waals surface area contributed by atoms with Crippen LogP contribution in [0.2, 0.25) is 5.02 Å². The first-order valence-electron chi connectivity index (χ1n) is 6.88. The number of aromatic nitrogens is 1. The van der Waals surface area contributed by atoms with Gasteiger partial charge in [0.15, 0.2) is 0 Å². The Morgan fingerprint density at radius 3 is 2.71 bits per heavy atom. The van der Waals surface area contributed by atoms with E-state index in [2.05, 4.69) is 63.5 Å². The number of fused-ring (bicyclic) bond motifs is 1. The van der Waals surface area contributed by atoms with Gasteiger partial charge in [-0.2, -0.15) is 0 Å². The summed E-state index contributed by atoms with van der Waals surface area (Å²) in [5.41, 5.74) is 3.61. The Morgan fingerprint density at radius 2 is 1.95 bits per heavy atom. The van der Waals surface area contributed by atoms with E-state index in [-0.39, 0.29) is 0 Å². The molecule has 0 fully saturated rings. The molecule has 2 nitrogen and oxygen atoms in total. The highest BCUT2D eigenvalue weighted by molar-refractivity contribution is 9.10. The highest BCUT2D eigenvalue weighted by Crippen LogP contribution is 2.23. The summed E-state index contributed by atoms with van der Waals surface area (Å²) in [4.78, 5) is 3.27. The van der Waals surface area contributed by atoms with E-state index in [1.54, 1.807) is 0 Å². The molecule has 2 N–H and O–H groups in total. The monoisotopic (exact) mass is 362 g/mol. The number of halogens is 2. The summed E-state index contributed by atoms with van der Waals surface area (Å²) < 4.78 is 1.10. The largest absolute Gasteiger partial charge is 0.361 e. The van der Waals surface area contributed by atoms with E-state index in [1.807, 2.05) is 18.3 Å². The van der Waals surface area contributed by atoms with Gasteiger partial charge in [-0.3, -0.25) is 0 Å². The van der Waals surface area contributed by atoms with E-state index in [0.29, 0.717) is 6.04 Å². The number of aromatic amines is 1. The van der Waals surface area contributed by atoms with Crippen molar-refractivity contribution in [1.29, 1.82) is 0 Å². The lowest BCUT2D eigenvalue weighted by molar-refractivity contribution is 0.576. The minimum Gasteiger partial charge on any atom is -0.361 e. The Balaban J connectivity index is 1.72. The van der Waals surface area contributed by atoms with Gasteiger partial charge in [0.25, 0.3) is 0 Å². The molecule has 3 aromatic rings. The second-order valence-corrected chi connectivity index (χ2v) is 6.51. The maximum atomic E-state index is 6.01. The third kappa shape index (κ3) is 3.31. The van der Waals surface area contributed by atoms with E-state index in [4.69, 9.17) is 11.6 Å². The Hall–Kier alpha value is -1.29. The average molecular weight is 364 g/mol. The molecule has 1 atom stereocenters. The molecule has 2 aromatic carbocycles. The SMILES string of the molecule is C[C@@H](NCc1c[nH]c2cc(Cl)ccc12)c1ccc(Br)cc1. The molecule has 0 radical (unpaired) electrons. The van der Waals surface area contributed by atoms with Crippen molar-refractivity contribution in [1.82, 2.24) is 10.3 Å². The molecule has 3 rings (SSSR count). The topological polar surface area (TPSA) is 27.8 Å². The molecular formula is C17H16BrClN2. The van der Waals surface area contributed by atoms with E-state index < -0.39 is 0 Å². The molecule has 108 valence electrons. The average Bonchev–Trinajstić information content (AvgIpc) is 2.87. The third-order valence-electron chi connectivity index (χ3n) is 3.70. The molecule has 21 heavy (non-hydrogen) atoms. The fourth-order valence-corrected chi connectivity index (χ4v) is 2.87. The number of rotatable bonds is 4. The van der Waals surface area contributed by atoms with Crippen LogP contribution in [-0.4, -0.2) is 4.98 Å². The minimum atomic E-state index is 0.301. The van der Waals surface area contributed by atoms with Crippen molar-refractivity contribution in [3.63, 3.8) is 0 Å². The van der Waals surface area contributed by atoms with Crippen LogP contribution < -0.4 is 5.32 Å². The number of hydrogen-bond acceptors (Lipinski definition) is 1. The first-order chi connectivity index (χ1) is 10.1. The molecular weight excluding hydrogens is 348 g/mol. The van der Waals surface area contributed by atoms with Gasteiger partial charge >= 0.3 is 0 Å². The molecule has 0 aliphatic rings. The van der Waals surface area contributed by atoms with Crippen molar-refractivity contribution in [2.45, 2.75) is 19.5 Å². The summed E-state index contributed by atoms with van der Waals surface area (Å²) in [5.74, 6) is 0. The van der Waals surface area contributed by atoms with Gasteiger partial charge in [-0.15, -0.1) is 0 Å². The van der Waals surface area contributed by atoms with Crippen molar-refractivity contribution in [2.24, 2.45) is 0 Å². The van der Waals surface area contributed by atoms with Crippen LogP contribution in [0.5, 0.6) is 0 Å². The second kappa shape index (κ2) is 6.22. The van der Waals surface area contributed by atoms with E-state index in [1.165, 1.54) is 16.5 Å². The van der Waals surface area contributed by atoms with Gasteiger partial charge in [-0.25, -0.2) is 0 Å². The Morgan fingerprint density at radius 1 is 1.19 bits per heavy atom. The van der Waals surface area contributed by atoms with Crippen LogP contribution in [-0.2, 0) is 6.54 Å². The van der Waals surface area contributed by atoms with Crippen molar-refractivity contribution in [3.05, 3.63) is 69.3 Å². The highest BCUT2D eigenvalue weighted by atomic mass is 79.9. The van der Waals surface area contributed by atoms with Gasteiger partial charge in [-0.1, -0.05) is 45.7 Å². The molecule has 0 aliphatic carbocycles. The lowest BCUT2D eigenvalue weighted by Crippen LogP contribution is -2.17. The van der Waals surface area contributed by atoms with E-state index in [9.17, 15) is 0 Å². The van der Waals surface area contributed by atoms with Crippen molar-refractivity contribution in [2.75, 3.05) is 0 Å². The molecule has 0 saturated carbocycles. The number of nitrogens with one attached hydrogen (secondary N) is 2. The molecule has 0 unspecified atom stereocenters. The van der Waals surface area contributed by atoms with Gasteiger partial charge in [0, 0.05) is 39.2 Å². The minimum absolute atomic E-state index is 0.301. The van der Waals surface area contributed by atoms with Crippen LogP contribution in [0.4, 0.5) is 0 Å². The lowest BCUT2D eigenvalue weighted by Gasteiger charge is -2.14. The zero-order valence-corrected chi connectivity index (χ0v) is 14.0. The summed E-state index contributed by atoms with van der Waals surface area (Å²) in [5, 5.41) is 5.53. The first kappa shape index (κ1) is 14.6. The molecule has 0 saturated heterocycles. The zero-order valence-electron chi connectivity index (χ0n) is 11.7. The second-order valence-electron chi connectivity index (χ2n) is 5.16. The summed E-state index contributed by atoms with van der Waals surface area (Å²) in [6.07, 6.45) is 2.04. The van der Waals surface area contributed by atoms with Crippen LogP contribution in [0.15, 0.2) is 53.1 Å². The predicted molar refractivity (Wildman–Crippen MR) is 92.7 cm³/mol. The van der Waals surface area contributed by atoms with Crippen molar-refractivity contribution in [3.8, 4) is 0 Å². The van der Waals surface area contributed by atoms with Gasteiger partial charge in [0.1, 0.15) is 0 Å². The molecule has 1 aromatic heterocycles. The smallest absolute Gasteiger partial charge is 0.0472 e. The summed E-state index contributed by atoms with van der Waals surface area (Å²) >= 11 is 9.47. The van der Waals surface area contributed by atoms with Gasteiger partial charge in [0.05, 0.1) is 0 Å². The van der Waals surface area contributed by atoms with Crippen LogP contribution >= 0.6 is 27.5 Å². The summed E-state index contributed by atoms with van der Waals surface area (Å²) in [6.45, 7) is 2.99. The molecule has 4 heteroatoms. The third-order valence-corrected chi connectivity index (χ3v) is 4.46. The van der Waals surface area contributed by atoms with E-state index >= 15 is 0 Å². The number of benzene rings is 2. The quantitative estimate of drug-likeness (QED) is 0.635. The van der Waals surface area contributed by atoms with Gasteiger partial charge < -0.3 is 10.3 Å². The fourth-order valence-electron chi connectivity index (χ4n) is 2.44. The molecule has 0 bridgehead atoms. The maximum absolute atomic E-state index is 6.01. The lowest BCUT2D eigenvalue weighted by atomic mass is 10.1. The predicted octanol–water partition coefficient (Wildman–Crippen LogP) is 5.43. The molecule has 0 aliphatic heterocycles. The number of H-pyrrole nitrogens is 1. The molecule has 0 amide bonds. The maximum Gasteiger partial charge on any atom is 0.0472 e. The fraction of sp³-hybridized carbons (Fsp3) is 0.176. The molecule has 0 spiro atoms. The standard InChI is InChI=1S/C17H16BrClN2/c1-11(12-2-4-14(18)5-3-12)20-9-13-10-21-17-8-15(19)6-7-16(13)17/h2-8,10-11,20-21H,9H2,1H3/t11-/m1/s1. The van der Waals surface area contributed by atoms with Crippen LogP contribution in [0.25, 0.3) is 10.9 Å². The van der Waals surface area contributed by atoms with E-state index in [0.717, 1.165) is 21.6 Å². The Kier molecular flexibility index (Phi) is 4.34. The normalized spacial score (nSPS) is 12.7. The first-order valence-corrected chi connectivity index (χ1v) is 8.05. The number of hydrogen-bond donors (Lipinski definition) is 2. The van der Waals surface area contributed by atoms with Crippen molar-refractivity contribution >= 4 is 38.4 Å². The van der Waals surface area contributed by atoms with Gasteiger partial charge in [-0.05, 0) is 42.3 Å². The zero-order chi connectivity index (χ0) is 14.8. The van der Waals surface area contributed by atoms with Crippen LogP contribution in [0, 0.1) is 0 Å². The highest BCUT2D eigenvalue weighted by Gasteiger charge is 2.08. The van der Waals surface area contributed by atoms with Crippen LogP contribution in [0.3, 0.4) is 0 Å².